The molecule has 9 nitrogen and oxygen atoms in total. The average Bonchev–Trinajstić information content (AvgIpc) is 2.36. The van der Waals surface area contributed by atoms with Crippen LogP contribution in [0, 0.1) is 0 Å². The molecular formula is C11H19NO8. The van der Waals surface area contributed by atoms with Gasteiger partial charge < -0.3 is 35.2 Å². The highest BCUT2D eigenvalue weighted by Crippen LogP contribution is 2.20. The van der Waals surface area contributed by atoms with Crippen LogP contribution in [0.4, 0.5) is 0 Å². The summed E-state index contributed by atoms with van der Waals surface area (Å²) < 4.78 is 9.63. The van der Waals surface area contributed by atoms with Crippen LogP contribution in [0.2, 0.25) is 0 Å². The monoisotopic (exact) mass is 293 g/mol. The Morgan fingerprint density at radius 2 is 1.90 bits per heavy atom. The summed E-state index contributed by atoms with van der Waals surface area (Å²) in [5.74, 6) is -1.43. The van der Waals surface area contributed by atoms with E-state index in [1.54, 1.807) is 0 Å². The fraction of sp³-hybridized carbons (Fsp3) is 0.818. The Morgan fingerprint density at radius 1 is 1.30 bits per heavy atom. The lowest BCUT2D eigenvalue weighted by atomic mass is 9.97. The summed E-state index contributed by atoms with van der Waals surface area (Å²) in [6, 6.07) is -1.19. The molecule has 6 atom stereocenters. The quantitative estimate of drug-likeness (QED) is 0.342. The zero-order valence-electron chi connectivity index (χ0n) is 11.1. The summed E-state index contributed by atoms with van der Waals surface area (Å²) in [4.78, 5) is 22.0. The lowest BCUT2D eigenvalue weighted by Gasteiger charge is -2.40. The van der Waals surface area contributed by atoms with Crippen molar-refractivity contribution in [2.75, 3.05) is 6.61 Å². The second-order valence-corrected chi connectivity index (χ2v) is 4.58. The van der Waals surface area contributed by atoms with Crippen LogP contribution in [0.1, 0.15) is 13.8 Å². The van der Waals surface area contributed by atoms with Crippen molar-refractivity contribution < 1.29 is 39.5 Å². The number of hydrogen-bond acceptors (Lipinski definition) is 8. The van der Waals surface area contributed by atoms with Crippen molar-refractivity contribution in [1.82, 2.24) is 5.32 Å². The van der Waals surface area contributed by atoms with Gasteiger partial charge in [0.2, 0.25) is 5.91 Å². The van der Waals surface area contributed by atoms with Crippen molar-refractivity contribution in [1.29, 1.82) is 0 Å². The molecule has 1 amide bonds. The Kier molecular flexibility index (Phi) is 5.84. The zero-order chi connectivity index (χ0) is 15.4. The number of ether oxygens (including phenoxy) is 2. The van der Waals surface area contributed by atoms with Gasteiger partial charge in [0, 0.05) is 6.92 Å². The first-order valence-electron chi connectivity index (χ1n) is 6.05. The molecule has 116 valence electrons. The first kappa shape index (κ1) is 16.8. The zero-order valence-corrected chi connectivity index (χ0v) is 11.1. The second kappa shape index (κ2) is 6.95. The minimum Gasteiger partial charge on any atom is -0.461 e. The second-order valence-electron chi connectivity index (χ2n) is 4.58. The normalized spacial score (nSPS) is 35.2. The van der Waals surface area contributed by atoms with Gasteiger partial charge in [-0.15, -0.1) is 0 Å². The number of aliphatic hydroxyl groups is 4. The first-order chi connectivity index (χ1) is 9.23. The van der Waals surface area contributed by atoms with E-state index in [0.717, 1.165) is 0 Å². The van der Waals surface area contributed by atoms with Crippen LogP contribution in [0.25, 0.3) is 0 Å². The standard InChI is InChI=1S/C11H19NO8/c1-4(13)10(17)19-3-6-8(15)9(16)7(11(18)20-6)12-5(2)14/h4,6-9,11,13,15-16,18H,3H2,1-2H3,(H,12,14)/t4-,6?,7?,8+,9?,11+/m0/s1. The highest BCUT2D eigenvalue weighted by molar-refractivity contribution is 5.74. The number of amides is 1. The summed E-state index contributed by atoms with van der Waals surface area (Å²) in [5.41, 5.74) is 0. The van der Waals surface area contributed by atoms with Crippen molar-refractivity contribution in [3.63, 3.8) is 0 Å². The predicted octanol–water partition coefficient (Wildman–Crippen LogP) is -3.15. The van der Waals surface area contributed by atoms with Gasteiger partial charge in [-0.05, 0) is 6.92 Å². The van der Waals surface area contributed by atoms with Crippen molar-refractivity contribution in [2.24, 2.45) is 0 Å². The highest BCUT2D eigenvalue weighted by Gasteiger charge is 2.44. The van der Waals surface area contributed by atoms with Crippen molar-refractivity contribution >= 4 is 11.9 Å². The van der Waals surface area contributed by atoms with Crippen molar-refractivity contribution in [3.05, 3.63) is 0 Å². The van der Waals surface area contributed by atoms with Gasteiger partial charge in [0.1, 0.15) is 37.1 Å². The maximum Gasteiger partial charge on any atom is 0.334 e. The van der Waals surface area contributed by atoms with E-state index in [-0.39, 0.29) is 0 Å². The van der Waals surface area contributed by atoms with Gasteiger partial charge in [-0.3, -0.25) is 4.79 Å². The van der Waals surface area contributed by atoms with Crippen LogP contribution < -0.4 is 5.32 Å². The molecule has 1 saturated heterocycles. The van der Waals surface area contributed by atoms with E-state index >= 15 is 0 Å². The summed E-state index contributed by atoms with van der Waals surface area (Å²) in [7, 11) is 0. The molecule has 0 aromatic carbocycles. The molecule has 5 N–H and O–H groups in total. The smallest absolute Gasteiger partial charge is 0.334 e. The lowest BCUT2D eigenvalue weighted by molar-refractivity contribution is -0.256. The maximum absolute atomic E-state index is 11.1. The van der Waals surface area contributed by atoms with Gasteiger partial charge in [0.05, 0.1) is 0 Å². The average molecular weight is 293 g/mol. The van der Waals surface area contributed by atoms with E-state index in [1.165, 1.54) is 13.8 Å². The van der Waals surface area contributed by atoms with Gasteiger partial charge in [0.15, 0.2) is 6.29 Å². The molecule has 0 aromatic rings. The van der Waals surface area contributed by atoms with Crippen LogP contribution in [0.5, 0.6) is 0 Å². The Balaban J connectivity index is 2.61. The number of esters is 1. The minimum absolute atomic E-state index is 0.453. The molecule has 0 aliphatic carbocycles. The molecule has 1 fully saturated rings. The van der Waals surface area contributed by atoms with Crippen LogP contribution in [-0.4, -0.2) is 75.7 Å². The van der Waals surface area contributed by atoms with E-state index in [1.807, 2.05) is 0 Å². The molecule has 0 aromatic heterocycles. The fourth-order valence-corrected chi connectivity index (χ4v) is 1.76. The number of aliphatic hydroxyl groups excluding tert-OH is 4. The minimum atomic E-state index is -1.56. The molecule has 1 heterocycles. The van der Waals surface area contributed by atoms with Gasteiger partial charge in [0.25, 0.3) is 0 Å². The maximum atomic E-state index is 11.1. The molecule has 0 spiro atoms. The number of rotatable bonds is 4. The topological polar surface area (TPSA) is 146 Å². The SMILES string of the molecule is CC(=O)NC1C(O)[C@H](O)C(COC(=O)[C@H](C)O)O[C@H]1O. The Bertz CT molecular complexity index is 360. The summed E-state index contributed by atoms with van der Waals surface area (Å²) in [6.07, 6.45) is -7.03. The largest absolute Gasteiger partial charge is 0.461 e. The van der Waals surface area contributed by atoms with Crippen LogP contribution >= 0.6 is 0 Å². The van der Waals surface area contributed by atoms with E-state index in [9.17, 15) is 24.9 Å². The summed E-state index contributed by atoms with van der Waals surface area (Å²) >= 11 is 0. The molecule has 20 heavy (non-hydrogen) atoms. The molecule has 9 heteroatoms. The molecule has 0 bridgehead atoms. The van der Waals surface area contributed by atoms with E-state index in [2.05, 4.69) is 10.1 Å². The molecular weight excluding hydrogens is 274 g/mol. The van der Waals surface area contributed by atoms with Crippen LogP contribution in [0.15, 0.2) is 0 Å². The van der Waals surface area contributed by atoms with E-state index < -0.39 is 55.2 Å². The lowest BCUT2D eigenvalue weighted by Crippen LogP contribution is -2.64. The van der Waals surface area contributed by atoms with Gasteiger partial charge in [-0.2, -0.15) is 0 Å². The third kappa shape index (κ3) is 4.12. The van der Waals surface area contributed by atoms with E-state index in [4.69, 9.17) is 9.84 Å². The Morgan fingerprint density at radius 3 is 2.40 bits per heavy atom. The summed E-state index contributed by atoms with van der Waals surface area (Å²) in [5, 5.41) is 40.4. The van der Waals surface area contributed by atoms with Gasteiger partial charge in [-0.25, -0.2) is 4.79 Å². The van der Waals surface area contributed by atoms with Gasteiger partial charge in [-0.1, -0.05) is 0 Å². The first-order valence-corrected chi connectivity index (χ1v) is 6.05. The van der Waals surface area contributed by atoms with E-state index in [0.29, 0.717) is 0 Å². The molecule has 3 unspecified atom stereocenters. The predicted molar refractivity (Wildman–Crippen MR) is 63.1 cm³/mol. The number of carbonyl (C=O) groups is 2. The van der Waals surface area contributed by atoms with Crippen molar-refractivity contribution in [3.8, 4) is 0 Å². The van der Waals surface area contributed by atoms with Crippen LogP contribution in [-0.2, 0) is 19.1 Å². The number of hydrogen-bond donors (Lipinski definition) is 5. The molecule has 0 radical (unpaired) electrons. The Labute approximate surface area is 115 Å². The molecule has 0 saturated carbocycles. The van der Waals surface area contributed by atoms with Gasteiger partial charge >= 0.3 is 5.97 Å². The van der Waals surface area contributed by atoms with Crippen molar-refractivity contribution in [2.45, 2.75) is 50.6 Å². The van der Waals surface area contributed by atoms with Crippen LogP contribution in [0.3, 0.4) is 0 Å². The molecule has 1 aliphatic heterocycles. The number of nitrogens with one attached hydrogen (secondary N) is 1. The summed E-state index contributed by atoms with van der Waals surface area (Å²) in [6.45, 7) is 1.94. The molecule has 1 rings (SSSR count). The Hall–Kier alpha value is -1.26. The number of carbonyl (C=O) groups excluding carboxylic acids is 2. The third-order valence-electron chi connectivity index (χ3n) is 2.82. The highest BCUT2D eigenvalue weighted by atomic mass is 16.6. The third-order valence-corrected chi connectivity index (χ3v) is 2.82. The molecule has 1 aliphatic rings. The fourth-order valence-electron chi connectivity index (χ4n) is 1.76.